The fraction of sp³-hybridized carbons (Fsp3) is 0.348. The highest BCUT2D eigenvalue weighted by molar-refractivity contribution is 5.92. The van der Waals surface area contributed by atoms with E-state index >= 15 is 0 Å². The molecule has 1 aromatic heterocycles. The number of fused-ring (bicyclic) bond motifs is 2. The maximum atomic E-state index is 5.45. The first-order valence-corrected chi connectivity index (χ1v) is 10.3. The first-order chi connectivity index (χ1) is 14.4. The van der Waals surface area contributed by atoms with E-state index in [2.05, 4.69) is 62.6 Å². The van der Waals surface area contributed by atoms with Crippen LogP contribution in [0.1, 0.15) is 5.56 Å². The van der Waals surface area contributed by atoms with Crippen molar-refractivity contribution in [3.8, 4) is 11.5 Å². The van der Waals surface area contributed by atoms with Gasteiger partial charge in [-0.05, 0) is 29.1 Å². The summed E-state index contributed by atoms with van der Waals surface area (Å²) < 4.78 is 10.8. The van der Waals surface area contributed by atoms with E-state index in [-0.39, 0.29) is 0 Å². The van der Waals surface area contributed by atoms with Gasteiger partial charge in [-0.25, -0.2) is 4.98 Å². The molecule has 0 bridgehead atoms. The van der Waals surface area contributed by atoms with Gasteiger partial charge in [0.1, 0.15) is 5.82 Å². The Balaban J connectivity index is 1.09. The molecule has 29 heavy (non-hydrogen) atoms. The molecule has 3 aromatic rings. The van der Waals surface area contributed by atoms with Crippen LogP contribution >= 0.6 is 0 Å². The molecule has 2 aliphatic heterocycles. The van der Waals surface area contributed by atoms with Gasteiger partial charge in [0.25, 0.3) is 0 Å². The van der Waals surface area contributed by atoms with Gasteiger partial charge in [-0.3, -0.25) is 4.90 Å². The van der Waals surface area contributed by atoms with Crippen molar-refractivity contribution in [2.24, 2.45) is 0 Å². The van der Waals surface area contributed by atoms with E-state index in [1.807, 2.05) is 12.3 Å². The highest BCUT2D eigenvalue weighted by Crippen LogP contribution is 2.32. The van der Waals surface area contributed by atoms with Gasteiger partial charge in [-0.2, -0.15) is 0 Å². The van der Waals surface area contributed by atoms with Crippen LogP contribution in [0, 0.1) is 0 Å². The maximum Gasteiger partial charge on any atom is 0.231 e. The monoisotopic (exact) mass is 390 g/mol. The highest BCUT2D eigenvalue weighted by atomic mass is 16.7. The molecule has 6 heteroatoms. The van der Waals surface area contributed by atoms with Crippen molar-refractivity contribution in [1.29, 1.82) is 0 Å². The molecule has 0 amide bonds. The van der Waals surface area contributed by atoms with Crippen molar-refractivity contribution in [3.05, 3.63) is 60.3 Å². The third-order valence-corrected chi connectivity index (χ3v) is 5.70. The quantitative estimate of drug-likeness (QED) is 0.653. The van der Waals surface area contributed by atoms with E-state index in [4.69, 9.17) is 9.47 Å². The molecule has 0 unspecified atom stereocenters. The number of hydrogen-bond donors (Lipinski definition) is 1. The summed E-state index contributed by atoms with van der Waals surface area (Å²) in [6.07, 6.45) is 1.92. The van der Waals surface area contributed by atoms with Gasteiger partial charge >= 0.3 is 0 Å². The van der Waals surface area contributed by atoms with Crippen LogP contribution in [-0.4, -0.2) is 55.9 Å². The number of nitrogens with one attached hydrogen (secondary N) is 1. The van der Waals surface area contributed by atoms with Crippen LogP contribution in [0.15, 0.2) is 54.7 Å². The van der Waals surface area contributed by atoms with Crippen molar-refractivity contribution in [2.45, 2.75) is 6.54 Å². The normalized spacial score (nSPS) is 16.5. The van der Waals surface area contributed by atoms with E-state index in [1.54, 1.807) is 0 Å². The largest absolute Gasteiger partial charge is 0.454 e. The van der Waals surface area contributed by atoms with Crippen LogP contribution in [0.3, 0.4) is 0 Å². The Labute approximate surface area is 171 Å². The van der Waals surface area contributed by atoms with Crippen LogP contribution in [0.2, 0.25) is 0 Å². The Morgan fingerprint density at radius 2 is 1.79 bits per heavy atom. The lowest BCUT2D eigenvalue weighted by molar-refractivity contribution is 0.174. The van der Waals surface area contributed by atoms with Crippen LogP contribution in [0.4, 0.5) is 5.82 Å². The number of aromatic nitrogens is 1. The van der Waals surface area contributed by atoms with E-state index < -0.39 is 0 Å². The van der Waals surface area contributed by atoms with Crippen LogP contribution in [0.25, 0.3) is 10.8 Å². The average molecular weight is 390 g/mol. The first kappa shape index (κ1) is 18.2. The van der Waals surface area contributed by atoms with Crippen molar-refractivity contribution in [3.63, 3.8) is 0 Å². The van der Waals surface area contributed by atoms with Crippen LogP contribution < -0.4 is 19.7 Å². The van der Waals surface area contributed by atoms with Crippen molar-refractivity contribution >= 4 is 16.6 Å². The molecule has 2 aromatic carbocycles. The molecular formula is C23H26N4O2. The fourth-order valence-corrected chi connectivity index (χ4v) is 4.06. The van der Waals surface area contributed by atoms with Gasteiger partial charge in [0.15, 0.2) is 11.5 Å². The molecule has 0 atom stereocenters. The Bertz CT molecular complexity index is 980. The number of nitrogens with zero attached hydrogens (tertiary/aromatic N) is 3. The second-order valence-corrected chi connectivity index (χ2v) is 7.55. The summed E-state index contributed by atoms with van der Waals surface area (Å²) in [5.41, 5.74) is 1.22. The molecule has 0 spiro atoms. The van der Waals surface area contributed by atoms with Gasteiger partial charge in [-0.15, -0.1) is 0 Å². The zero-order chi connectivity index (χ0) is 19.5. The van der Waals surface area contributed by atoms with E-state index in [0.29, 0.717) is 6.79 Å². The molecular weight excluding hydrogens is 364 g/mol. The number of ether oxygens (including phenoxy) is 2. The summed E-state index contributed by atoms with van der Waals surface area (Å²) in [6.45, 7) is 7.37. The van der Waals surface area contributed by atoms with Gasteiger partial charge in [0.2, 0.25) is 6.79 Å². The predicted molar refractivity (Wildman–Crippen MR) is 115 cm³/mol. The average Bonchev–Trinajstić information content (AvgIpc) is 3.25. The fourth-order valence-electron chi connectivity index (χ4n) is 4.06. The second-order valence-electron chi connectivity index (χ2n) is 7.55. The second kappa shape index (κ2) is 8.27. The molecule has 1 N–H and O–H groups in total. The summed E-state index contributed by atoms with van der Waals surface area (Å²) in [7, 11) is 0. The van der Waals surface area contributed by atoms with Crippen molar-refractivity contribution in [2.75, 3.05) is 51.0 Å². The number of hydrogen-bond acceptors (Lipinski definition) is 6. The SMILES string of the molecule is c1ccc2c(N3CCN(CCNCc4ccc5c(c4)OCO5)CC3)nccc2c1. The number of rotatable bonds is 6. The topological polar surface area (TPSA) is 49.9 Å². The molecule has 150 valence electrons. The first-order valence-electron chi connectivity index (χ1n) is 10.3. The molecule has 2 aliphatic rings. The van der Waals surface area contributed by atoms with Gasteiger partial charge < -0.3 is 19.7 Å². The molecule has 6 nitrogen and oxygen atoms in total. The summed E-state index contributed by atoms with van der Waals surface area (Å²) >= 11 is 0. The number of anilines is 1. The summed E-state index contributed by atoms with van der Waals surface area (Å²) in [4.78, 5) is 9.60. The van der Waals surface area contributed by atoms with Gasteiger partial charge in [-0.1, -0.05) is 30.3 Å². The summed E-state index contributed by atoms with van der Waals surface area (Å²) in [5, 5.41) is 6.04. The molecule has 0 aliphatic carbocycles. The van der Waals surface area contributed by atoms with Gasteiger partial charge in [0, 0.05) is 57.4 Å². The Hall–Kier alpha value is -2.83. The number of pyridine rings is 1. The summed E-state index contributed by atoms with van der Waals surface area (Å²) in [5.74, 6) is 2.80. The minimum Gasteiger partial charge on any atom is -0.454 e. The Kier molecular flexibility index (Phi) is 5.19. The molecule has 1 saturated heterocycles. The predicted octanol–water partition coefficient (Wildman–Crippen LogP) is 2.88. The van der Waals surface area contributed by atoms with E-state index in [1.165, 1.54) is 16.3 Å². The lowest BCUT2D eigenvalue weighted by Gasteiger charge is -2.35. The lowest BCUT2D eigenvalue weighted by Crippen LogP contribution is -2.48. The number of piperazine rings is 1. The van der Waals surface area contributed by atoms with Crippen molar-refractivity contribution < 1.29 is 9.47 Å². The molecule has 5 rings (SSSR count). The molecule has 1 fully saturated rings. The molecule has 0 saturated carbocycles. The lowest BCUT2D eigenvalue weighted by atomic mass is 10.1. The van der Waals surface area contributed by atoms with Gasteiger partial charge in [0.05, 0.1) is 0 Å². The zero-order valence-electron chi connectivity index (χ0n) is 16.5. The molecule has 3 heterocycles. The zero-order valence-corrected chi connectivity index (χ0v) is 16.5. The van der Waals surface area contributed by atoms with Crippen molar-refractivity contribution in [1.82, 2.24) is 15.2 Å². The van der Waals surface area contributed by atoms with Crippen LogP contribution in [-0.2, 0) is 6.54 Å². The Morgan fingerprint density at radius 1 is 0.931 bits per heavy atom. The Morgan fingerprint density at radius 3 is 2.72 bits per heavy atom. The minimum absolute atomic E-state index is 0.326. The maximum absolute atomic E-state index is 5.45. The van der Waals surface area contributed by atoms with E-state index in [9.17, 15) is 0 Å². The van der Waals surface area contributed by atoms with Crippen LogP contribution in [0.5, 0.6) is 11.5 Å². The summed E-state index contributed by atoms with van der Waals surface area (Å²) in [6, 6.07) is 16.7. The smallest absolute Gasteiger partial charge is 0.231 e. The third kappa shape index (κ3) is 3.99. The molecule has 0 radical (unpaired) electrons. The number of benzene rings is 2. The third-order valence-electron chi connectivity index (χ3n) is 5.70. The van der Waals surface area contributed by atoms with E-state index in [0.717, 1.165) is 63.1 Å². The highest BCUT2D eigenvalue weighted by Gasteiger charge is 2.19. The minimum atomic E-state index is 0.326. The standard InChI is InChI=1S/C23H26N4O2/c1-2-4-20-19(3-1)7-8-25-23(20)27-13-11-26(12-14-27)10-9-24-16-18-5-6-21-22(15-18)29-17-28-21/h1-8,15,24H,9-14,16-17H2.